The predicted octanol–water partition coefficient (Wildman–Crippen LogP) is 2.50. The van der Waals surface area contributed by atoms with Gasteiger partial charge in [0, 0.05) is 5.69 Å². The molecule has 0 radical (unpaired) electrons. The van der Waals surface area contributed by atoms with Crippen LogP contribution in [0.25, 0.3) is 0 Å². The molecule has 2 N–H and O–H groups in total. The van der Waals surface area contributed by atoms with Crippen molar-refractivity contribution >= 4 is 17.5 Å². The number of nitrogen functional groups attached to an aromatic ring is 1. The molecule has 2 aromatic rings. The number of aryl methyl sites for hydroxylation is 2. The Morgan fingerprint density at radius 3 is 2.50 bits per heavy atom. The summed E-state index contributed by atoms with van der Waals surface area (Å²) < 4.78 is 0. The Morgan fingerprint density at radius 2 is 1.81 bits per heavy atom. The Bertz CT molecular complexity index is 451. The fourth-order valence-electron chi connectivity index (χ4n) is 1.53. The number of aromatic nitrogens is 2. The van der Waals surface area contributed by atoms with Gasteiger partial charge in [0.1, 0.15) is 5.15 Å². The first-order valence-corrected chi connectivity index (χ1v) is 5.45. The molecule has 1 heterocycles. The van der Waals surface area contributed by atoms with Gasteiger partial charge in [0.2, 0.25) is 5.95 Å². The van der Waals surface area contributed by atoms with Crippen molar-refractivity contribution in [3.05, 3.63) is 52.8 Å². The molecule has 1 aromatic heterocycles. The van der Waals surface area contributed by atoms with E-state index in [1.165, 1.54) is 5.56 Å². The molecule has 0 unspecified atom stereocenters. The van der Waals surface area contributed by atoms with Gasteiger partial charge in [-0.15, -0.1) is 0 Å². The maximum absolute atomic E-state index is 5.80. The van der Waals surface area contributed by atoms with E-state index in [0.29, 0.717) is 5.15 Å². The lowest BCUT2D eigenvalue weighted by atomic mass is 10.1. The highest BCUT2D eigenvalue weighted by Crippen LogP contribution is 2.11. The SMILES string of the molecule is Nc1nc(Cl)cc(CCc2ccccc2)n1. The van der Waals surface area contributed by atoms with Crippen molar-refractivity contribution < 1.29 is 0 Å². The van der Waals surface area contributed by atoms with Crippen molar-refractivity contribution in [3.63, 3.8) is 0 Å². The van der Waals surface area contributed by atoms with Crippen LogP contribution in [-0.2, 0) is 12.8 Å². The van der Waals surface area contributed by atoms with Crippen molar-refractivity contribution in [2.75, 3.05) is 5.73 Å². The van der Waals surface area contributed by atoms with Crippen molar-refractivity contribution in [1.29, 1.82) is 0 Å². The molecular formula is C12H12ClN3. The molecule has 16 heavy (non-hydrogen) atoms. The smallest absolute Gasteiger partial charge is 0.221 e. The van der Waals surface area contributed by atoms with Gasteiger partial charge >= 0.3 is 0 Å². The number of nitrogens with zero attached hydrogens (tertiary/aromatic N) is 2. The Labute approximate surface area is 99.3 Å². The maximum atomic E-state index is 5.80. The fraction of sp³-hybridized carbons (Fsp3) is 0.167. The molecule has 1 aromatic carbocycles. The van der Waals surface area contributed by atoms with Crippen LogP contribution < -0.4 is 5.73 Å². The molecular weight excluding hydrogens is 222 g/mol. The molecule has 4 heteroatoms. The molecule has 82 valence electrons. The van der Waals surface area contributed by atoms with E-state index >= 15 is 0 Å². The summed E-state index contributed by atoms with van der Waals surface area (Å²) >= 11 is 5.80. The van der Waals surface area contributed by atoms with Gasteiger partial charge in [-0.1, -0.05) is 41.9 Å². The molecule has 3 nitrogen and oxygen atoms in total. The fourth-order valence-corrected chi connectivity index (χ4v) is 1.74. The predicted molar refractivity (Wildman–Crippen MR) is 65.3 cm³/mol. The number of benzene rings is 1. The molecule has 0 spiro atoms. The van der Waals surface area contributed by atoms with Crippen molar-refractivity contribution in [3.8, 4) is 0 Å². The highest BCUT2D eigenvalue weighted by atomic mass is 35.5. The van der Waals surface area contributed by atoms with Crippen molar-refractivity contribution in [1.82, 2.24) is 9.97 Å². The minimum atomic E-state index is 0.232. The number of hydrogen-bond acceptors (Lipinski definition) is 3. The maximum Gasteiger partial charge on any atom is 0.221 e. The minimum absolute atomic E-state index is 0.232. The third-order valence-electron chi connectivity index (χ3n) is 2.28. The lowest BCUT2D eigenvalue weighted by molar-refractivity contribution is 0.905. The molecule has 0 fully saturated rings. The van der Waals surface area contributed by atoms with E-state index in [1.54, 1.807) is 6.07 Å². The monoisotopic (exact) mass is 233 g/mol. The van der Waals surface area contributed by atoms with Gasteiger partial charge in [0.05, 0.1) is 0 Å². The Hall–Kier alpha value is -1.61. The molecule has 0 saturated carbocycles. The molecule has 0 amide bonds. The number of anilines is 1. The van der Waals surface area contributed by atoms with Gasteiger partial charge in [-0.25, -0.2) is 9.97 Å². The van der Waals surface area contributed by atoms with Gasteiger partial charge in [0.25, 0.3) is 0 Å². The van der Waals surface area contributed by atoms with E-state index < -0.39 is 0 Å². The van der Waals surface area contributed by atoms with Crippen LogP contribution in [0.5, 0.6) is 0 Å². The van der Waals surface area contributed by atoms with Gasteiger partial charge < -0.3 is 5.73 Å². The Kier molecular flexibility index (Phi) is 3.37. The standard InChI is InChI=1S/C12H12ClN3/c13-11-8-10(15-12(14)16-11)7-6-9-4-2-1-3-5-9/h1-5,8H,6-7H2,(H2,14,15,16). The number of hydrogen-bond donors (Lipinski definition) is 1. The lowest BCUT2D eigenvalue weighted by Crippen LogP contribution is -2.00. The molecule has 2 rings (SSSR count). The van der Waals surface area contributed by atoms with Gasteiger partial charge in [-0.2, -0.15) is 0 Å². The van der Waals surface area contributed by atoms with E-state index in [1.807, 2.05) is 18.2 Å². The van der Waals surface area contributed by atoms with Crippen LogP contribution >= 0.6 is 11.6 Å². The molecule has 0 aliphatic heterocycles. The van der Waals surface area contributed by atoms with Crippen LogP contribution in [0.15, 0.2) is 36.4 Å². The first-order valence-electron chi connectivity index (χ1n) is 5.07. The second-order valence-corrected chi connectivity index (χ2v) is 3.91. The third kappa shape index (κ3) is 2.94. The summed E-state index contributed by atoms with van der Waals surface area (Å²) in [5, 5.41) is 0.399. The van der Waals surface area contributed by atoms with E-state index in [-0.39, 0.29) is 5.95 Å². The summed E-state index contributed by atoms with van der Waals surface area (Å²) in [6.45, 7) is 0. The first-order chi connectivity index (χ1) is 7.74. The summed E-state index contributed by atoms with van der Waals surface area (Å²) in [4.78, 5) is 7.95. The number of nitrogens with two attached hydrogens (primary N) is 1. The quantitative estimate of drug-likeness (QED) is 0.829. The molecule has 0 bridgehead atoms. The van der Waals surface area contributed by atoms with E-state index in [0.717, 1.165) is 18.5 Å². The van der Waals surface area contributed by atoms with Crippen molar-refractivity contribution in [2.24, 2.45) is 0 Å². The topological polar surface area (TPSA) is 51.8 Å². The molecule has 0 aliphatic carbocycles. The highest BCUT2D eigenvalue weighted by Gasteiger charge is 2.01. The van der Waals surface area contributed by atoms with Gasteiger partial charge in [0.15, 0.2) is 0 Å². The highest BCUT2D eigenvalue weighted by molar-refractivity contribution is 6.29. The van der Waals surface area contributed by atoms with Crippen LogP contribution in [0.1, 0.15) is 11.3 Å². The zero-order chi connectivity index (χ0) is 11.4. The number of halogens is 1. The second kappa shape index (κ2) is 4.94. The Balaban J connectivity index is 2.05. The zero-order valence-corrected chi connectivity index (χ0v) is 9.48. The molecule has 0 saturated heterocycles. The van der Waals surface area contributed by atoms with Crippen LogP contribution in [0, 0.1) is 0 Å². The third-order valence-corrected chi connectivity index (χ3v) is 2.47. The van der Waals surface area contributed by atoms with E-state index in [9.17, 15) is 0 Å². The summed E-state index contributed by atoms with van der Waals surface area (Å²) in [5.41, 5.74) is 7.67. The van der Waals surface area contributed by atoms with Crippen LogP contribution in [0.2, 0.25) is 5.15 Å². The zero-order valence-electron chi connectivity index (χ0n) is 8.73. The second-order valence-electron chi connectivity index (χ2n) is 3.53. The minimum Gasteiger partial charge on any atom is -0.368 e. The van der Waals surface area contributed by atoms with Crippen LogP contribution in [0.3, 0.4) is 0 Å². The Morgan fingerprint density at radius 1 is 1.06 bits per heavy atom. The normalized spacial score (nSPS) is 10.3. The average molecular weight is 234 g/mol. The summed E-state index contributed by atoms with van der Waals surface area (Å²) in [5.74, 6) is 0.232. The lowest BCUT2D eigenvalue weighted by Gasteiger charge is -2.02. The van der Waals surface area contributed by atoms with Gasteiger partial charge in [-0.3, -0.25) is 0 Å². The molecule has 0 aliphatic rings. The van der Waals surface area contributed by atoms with Crippen molar-refractivity contribution in [2.45, 2.75) is 12.8 Å². The van der Waals surface area contributed by atoms with Gasteiger partial charge in [-0.05, 0) is 24.5 Å². The molecule has 0 atom stereocenters. The van der Waals surface area contributed by atoms with Crippen LogP contribution in [0.4, 0.5) is 5.95 Å². The summed E-state index contributed by atoms with van der Waals surface area (Å²) in [6.07, 6.45) is 1.74. The summed E-state index contributed by atoms with van der Waals surface area (Å²) in [6, 6.07) is 12.0. The van der Waals surface area contributed by atoms with E-state index in [4.69, 9.17) is 17.3 Å². The largest absolute Gasteiger partial charge is 0.368 e. The average Bonchev–Trinajstić information content (AvgIpc) is 2.27. The number of rotatable bonds is 3. The van der Waals surface area contributed by atoms with E-state index in [2.05, 4.69) is 22.1 Å². The first kappa shape index (κ1) is 10.9. The summed E-state index contributed by atoms with van der Waals surface area (Å²) in [7, 11) is 0. The van der Waals surface area contributed by atoms with Crippen LogP contribution in [-0.4, -0.2) is 9.97 Å².